The lowest BCUT2D eigenvalue weighted by Crippen LogP contribution is -2.46. The number of nitrogens with one attached hydrogen (secondary N) is 1. The zero-order valence-corrected chi connectivity index (χ0v) is 8.39. The van der Waals surface area contributed by atoms with Gasteiger partial charge in [0, 0.05) is 26.2 Å². The molecule has 4 heteroatoms. The summed E-state index contributed by atoms with van der Waals surface area (Å²) in [4.78, 5) is 13.8. The van der Waals surface area contributed by atoms with Gasteiger partial charge in [-0.2, -0.15) is 0 Å². The van der Waals surface area contributed by atoms with Crippen molar-refractivity contribution < 1.29 is 4.79 Å². The number of carbonyl (C=O) groups excluding carboxylic acids is 1. The van der Waals surface area contributed by atoms with Crippen LogP contribution in [0.3, 0.4) is 0 Å². The van der Waals surface area contributed by atoms with E-state index in [1.165, 1.54) is 0 Å². The van der Waals surface area contributed by atoms with Gasteiger partial charge in [-0.3, -0.25) is 4.79 Å². The molecule has 0 aliphatic carbocycles. The number of carbonyl (C=O) groups is 1. The number of allylic oxidation sites excluding steroid dienone is 2. The standard InChI is InChI=1S/C9H14N2OS/c1-2-3-8(13)9(12)11-6-4-10-5-7-11/h2-3,10,13H,1,4-7H2/b8-3-. The highest BCUT2D eigenvalue weighted by Gasteiger charge is 2.17. The molecule has 1 amide bonds. The van der Waals surface area contributed by atoms with Gasteiger partial charge in [0.2, 0.25) is 0 Å². The molecule has 3 nitrogen and oxygen atoms in total. The average molecular weight is 198 g/mol. The first kappa shape index (κ1) is 10.3. The summed E-state index contributed by atoms with van der Waals surface area (Å²) in [5.41, 5.74) is 0. The molecule has 0 saturated carbocycles. The van der Waals surface area contributed by atoms with Gasteiger partial charge in [0.25, 0.3) is 5.91 Å². The molecule has 0 aromatic rings. The molecule has 0 spiro atoms. The SMILES string of the molecule is C=C/C=C(\S)C(=O)N1CCNCC1. The van der Waals surface area contributed by atoms with Gasteiger partial charge in [-0.15, -0.1) is 12.6 Å². The maximum absolute atomic E-state index is 11.6. The van der Waals surface area contributed by atoms with Gasteiger partial charge in [-0.05, 0) is 6.08 Å². The molecule has 0 atom stereocenters. The molecule has 1 N–H and O–H groups in total. The van der Waals surface area contributed by atoms with Crippen LogP contribution in [0.4, 0.5) is 0 Å². The molecule has 0 radical (unpaired) electrons. The molecule has 0 bridgehead atoms. The molecule has 1 heterocycles. The van der Waals surface area contributed by atoms with E-state index in [9.17, 15) is 4.79 Å². The zero-order valence-electron chi connectivity index (χ0n) is 7.49. The third kappa shape index (κ3) is 2.90. The van der Waals surface area contributed by atoms with Crippen LogP contribution >= 0.6 is 12.6 Å². The number of thiol groups is 1. The van der Waals surface area contributed by atoms with Crippen molar-refractivity contribution in [3.8, 4) is 0 Å². The highest BCUT2D eigenvalue weighted by molar-refractivity contribution is 7.85. The van der Waals surface area contributed by atoms with Crippen LogP contribution in [0.2, 0.25) is 0 Å². The third-order valence-corrected chi connectivity index (χ3v) is 2.24. The Hall–Kier alpha value is -0.740. The highest BCUT2D eigenvalue weighted by Crippen LogP contribution is 2.07. The summed E-state index contributed by atoms with van der Waals surface area (Å²) < 4.78 is 0. The number of piperazine rings is 1. The van der Waals surface area contributed by atoms with E-state index in [1.807, 2.05) is 0 Å². The molecule has 72 valence electrons. The van der Waals surface area contributed by atoms with Crippen LogP contribution in [0.25, 0.3) is 0 Å². The lowest BCUT2D eigenvalue weighted by atomic mass is 10.3. The van der Waals surface area contributed by atoms with Crippen LogP contribution in [0, 0.1) is 0 Å². The Bertz CT molecular complexity index is 232. The molecule has 1 saturated heterocycles. The molecular weight excluding hydrogens is 184 g/mol. The van der Waals surface area contributed by atoms with Crippen molar-refractivity contribution in [1.29, 1.82) is 0 Å². The Morgan fingerprint density at radius 3 is 2.62 bits per heavy atom. The summed E-state index contributed by atoms with van der Waals surface area (Å²) in [6.07, 6.45) is 3.19. The smallest absolute Gasteiger partial charge is 0.260 e. The van der Waals surface area contributed by atoms with Crippen molar-refractivity contribution in [2.24, 2.45) is 0 Å². The Balaban J connectivity index is 2.55. The second kappa shape index (κ2) is 5.09. The topological polar surface area (TPSA) is 32.3 Å². The Labute approximate surface area is 83.9 Å². The summed E-state index contributed by atoms with van der Waals surface area (Å²) in [5.74, 6) is -0.00951. The fourth-order valence-electron chi connectivity index (χ4n) is 1.21. The number of rotatable bonds is 2. The quantitative estimate of drug-likeness (QED) is 0.383. The highest BCUT2D eigenvalue weighted by atomic mass is 32.1. The maximum atomic E-state index is 11.6. The van der Waals surface area contributed by atoms with Crippen molar-refractivity contribution >= 4 is 18.5 Å². The van der Waals surface area contributed by atoms with Crippen molar-refractivity contribution in [1.82, 2.24) is 10.2 Å². The van der Waals surface area contributed by atoms with Crippen LogP contribution in [-0.2, 0) is 4.79 Å². The lowest BCUT2D eigenvalue weighted by Gasteiger charge is -2.27. The minimum Gasteiger partial charge on any atom is -0.336 e. The van der Waals surface area contributed by atoms with E-state index in [1.54, 1.807) is 17.1 Å². The molecule has 13 heavy (non-hydrogen) atoms. The Morgan fingerprint density at radius 2 is 2.08 bits per heavy atom. The Morgan fingerprint density at radius 1 is 1.46 bits per heavy atom. The largest absolute Gasteiger partial charge is 0.336 e. The predicted octanol–water partition coefficient (Wildman–Crippen LogP) is 0.418. The first-order valence-corrected chi connectivity index (χ1v) is 4.72. The van der Waals surface area contributed by atoms with Gasteiger partial charge in [0.1, 0.15) is 0 Å². The second-order valence-electron chi connectivity index (χ2n) is 2.83. The summed E-state index contributed by atoms with van der Waals surface area (Å²) in [6, 6.07) is 0. The van der Waals surface area contributed by atoms with E-state index in [0.29, 0.717) is 4.91 Å². The zero-order chi connectivity index (χ0) is 9.68. The van der Waals surface area contributed by atoms with E-state index >= 15 is 0 Å². The van der Waals surface area contributed by atoms with Gasteiger partial charge >= 0.3 is 0 Å². The van der Waals surface area contributed by atoms with Crippen molar-refractivity contribution in [3.63, 3.8) is 0 Å². The van der Waals surface area contributed by atoms with E-state index in [4.69, 9.17) is 0 Å². The maximum Gasteiger partial charge on any atom is 0.260 e. The van der Waals surface area contributed by atoms with Crippen LogP contribution in [0.15, 0.2) is 23.6 Å². The van der Waals surface area contributed by atoms with Crippen molar-refractivity contribution in [2.45, 2.75) is 0 Å². The summed E-state index contributed by atoms with van der Waals surface area (Å²) in [6.45, 7) is 6.76. The molecule has 1 fully saturated rings. The van der Waals surface area contributed by atoms with Gasteiger partial charge in [-0.25, -0.2) is 0 Å². The number of hydrogen-bond acceptors (Lipinski definition) is 3. The minimum atomic E-state index is -0.00951. The van der Waals surface area contributed by atoms with Crippen LogP contribution in [0.1, 0.15) is 0 Å². The fourth-order valence-corrected chi connectivity index (χ4v) is 1.46. The normalized spacial score (nSPS) is 18.5. The van der Waals surface area contributed by atoms with Crippen LogP contribution < -0.4 is 5.32 Å². The average Bonchev–Trinajstić information content (AvgIpc) is 2.18. The summed E-state index contributed by atoms with van der Waals surface area (Å²) in [7, 11) is 0. The molecule has 0 unspecified atom stereocenters. The van der Waals surface area contributed by atoms with Gasteiger partial charge in [0.15, 0.2) is 0 Å². The summed E-state index contributed by atoms with van der Waals surface area (Å²) in [5, 5.41) is 3.18. The van der Waals surface area contributed by atoms with Crippen molar-refractivity contribution in [3.05, 3.63) is 23.6 Å². The van der Waals surface area contributed by atoms with Crippen LogP contribution in [0.5, 0.6) is 0 Å². The fraction of sp³-hybridized carbons (Fsp3) is 0.444. The molecule has 1 aliphatic heterocycles. The number of nitrogens with zero attached hydrogens (tertiary/aromatic N) is 1. The molecule has 1 rings (SSSR count). The molecule has 1 aliphatic rings. The minimum absolute atomic E-state index is 0.00951. The van der Waals surface area contributed by atoms with Gasteiger partial charge in [-0.1, -0.05) is 12.7 Å². The Kier molecular flexibility index (Phi) is 4.05. The first-order valence-electron chi connectivity index (χ1n) is 4.27. The van der Waals surface area contributed by atoms with E-state index in [0.717, 1.165) is 26.2 Å². The van der Waals surface area contributed by atoms with E-state index in [2.05, 4.69) is 24.5 Å². The van der Waals surface area contributed by atoms with E-state index in [-0.39, 0.29) is 5.91 Å². The molecular formula is C9H14N2OS. The van der Waals surface area contributed by atoms with Gasteiger partial charge in [0.05, 0.1) is 4.91 Å². The predicted molar refractivity (Wildman–Crippen MR) is 56.7 cm³/mol. The number of amides is 1. The van der Waals surface area contributed by atoms with Crippen LogP contribution in [-0.4, -0.2) is 37.0 Å². The number of hydrogen-bond donors (Lipinski definition) is 2. The monoisotopic (exact) mass is 198 g/mol. The molecule has 0 aromatic carbocycles. The molecule has 0 aromatic heterocycles. The van der Waals surface area contributed by atoms with E-state index < -0.39 is 0 Å². The first-order chi connectivity index (χ1) is 6.25. The lowest BCUT2D eigenvalue weighted by molar-refractivity contribution is -0.126. The van der Waals surface area contributed by atoms with Gasteiger partial charge < -0.3 is 10.2 Å². The van der Waals surface area contributed by atoms with Crippen molar-refractivity contribution in [2.75, 3.05) is 26.2 Å². The third-order valence-electron chi connectivity index (χ3n) is 1.90. The summed E-state index contributed by atoms with van der Waals surface area (Å²) >= 11 is 4.09. The second-order valence-corrected chi connectivity index (χ2v) is 3.31.